The largest absolute Gasteiger partial charge is 0.493 e. The molecule has 1 atom stereocenters. The number of rotatable bonds is 6. The van der Waals surface area contributed by atoms with Crippen molar-refractivity contribution in [2.75, 3.05) is 14.2 Å². The Morgan fingerprint density at radius 1 is 1.18 bits per heavy atom. The molecule has 1 aromatic rings. The molecule has 0 fully saturated rings. The van der Waals surface area contributed by atoms with Crippen LogP contribution in [0, 0.1) is 0 Å². The molecular formula is C14H23NO2. The predicted molar refractivity (Wildman–Crippen MR) is 70.8 cm³/mol. The number of methoxy groups -OCH3 is 2. The maximum atomic E-state index is 6.25. The van der Waals surface area contributed by atoms with Crippen molar-refractivity contribution in [1.82, 2.24) is 0 Å². The number of hydrogen-bond donors (Lipinski definition) is 1. The Bertz CT molecular complexity index is 361. The molecule has 1 unspecified atom stereocenters. The second-order valence-electron chi connectivity index (χ2n) is 4.77. The fraction of sp³-hybridized carbons (Fsp3) is 0.571. The van der Waals surface area contributed by atoms with E-state index in [1.54, 1.807) is 14.2 Å². The maximum Gasteiger partial charge on any atom is 0.160 e. The maximum absolute atomic E-state index is 6.25. The van der Waals surface area contributed by atoms with Gasteiger partial charge in [-0.1, -0.05) is 19.4 Å². The van der Waals surface area contributed by atoms with E-state index < -0.39 is 0 Å². The molecule has 0 spiro atoms. The van der Waals surface area contributed by atoms with Gasteiger partial charge >= 0.3 is 0 Å². The molecule has 3 heteroatoms. The summed E-state index contributed by atoms with van der Waals surface area (Å²) < 4.78 is 10.5. The summed E-state index contributed by atoms with van der Waals surface area (Å²) in [5, 5.41) is 0. The van der Waals surface area contributed by atoms with Gasteiger partial charge in [-0.25, -0.2) is 0 Å². The highest BCUT2D eigenvalue weighted by atomic mass is 16.5. The van der Waals surface area contributed by atoms with Crippen molar-refractivity contribution in [3.05, 3.63) is 23.8 Å². The van der Waals surface area contributed by atoms with Crippen LogP contribution in [0.2, 0.25) is 0 Å². The molecule has 1 aromatic carbocycles. The topological polar surface area (TPSA) is 44.5 Å². The van der Waals surface area contributed by atoms with Crippen LogP contribution < -0.4 is 15.2 Å². The molecule has 0 saturated carbocycles. The highest BCUT2D eigenvalue weighted by Gasteiger charge is 2.18. The van der Waals surface area contributed by atoms with Gasteiger partial charge in [0.2, 0.25) is 0 Å². The number of nitrogens with two attached hydrogens (primary N) is 1. The van der Waals surface area contributed by atoms with Crippen molar-refractivity contribution in [1.29, 1.82) is 0 Å². The second-order valence-corrected chi connectivity index (χ2v) is 4.77. The number of hydrogen-bond acceptors (Lipinski definition) is 3. The lowest BCUT2D eigenvalue weighted by Crippen LogP contribution is -2.38. The van der Waals surface area contributed by atoms with E-state index in [1.807, 2.05) is 18.2 Å². The van der Waals surface area contributed by atoms with Crippen molar-refractivity contribution in [3.8, 4) is 11.5 Å². The molecule has 0 aliphatic rings. The Balaban J connectivity index is 2.85. The fourth-order valence-electron chi connectivity index (χ4n) is 2.12. The number of ether oxygens (including phenoxy) is 2. The van der Waals surface area contributed by atoms with Crippen LogP contribution in [0.4, 0.5) is 0 Å². The van der Waals surface area contributed by atoms with Gasteiger partial charge in [-0.15, -0.1) is 0 Å². The van der Waals surface area contributed by atoms with Crippen molar-refractivity contribution in [2.45, 2.75) is 38.6 Å². The molecule has 2 N–H and O–H groups in total. The molecule has 0 aliphatic heterocycles. The zero-order valence-corrected chi connectivity index (χ0v) is 11.2. The normalized spacial score (nSPS) is 14.2. The quantitative estimate of drug-likeness (QED) is 0.827. The predicted octanol–water partition coefficient (Wildman–Crippen LogP) is 2.76. The van der Waals surface area contributed by atoms with Crippen LogP contribution >= 0.6 is 0 Å². The monoisotopic (exact) mass is 237 g/mol. The van der Waals surface area contributed by atoms with E-state index in [0.29, 0.717) is 0 Å². The smallest absolute Gasteiger partial charge is 0.160 e. The van der Waals surface area contributed by atoms with Gasteiger partial charge in [0.15, 0.2) is 11.5 Å². The first-order chi connectivity index (χ1) is 8.02. The van der Waals surface area contributed by atoms with E-state index in [2.05, 4.69) is 13.8 Å². The Morgan fingerprint density at radius 2 is 1.82 bits per heavy atom. The SMILES string of the molecule is CCCC(C)(N)Cc1ccc(OC)c(OC)c1. The molecule has 0 bridgehead atoms. The minimum Gasteiger partial charge on any atom is -0.493 e. The molecule has 0 radical (unpaired) electrons. The van der Waals surface area contributed by atoms with E-state index in [1.165, 1.54) is 5.56 Å². The average Bonchev–Trinajstić information content (AvgIpc) is 2.28. The van der Waals surface area contributed by atoms with Crippen LogP contribution in [-0.4, -0.2) is 19.8 Å². The molecule has 0 amide bonds. The highest BCUT2D eigenvalue weighted by Crippen LogP contribution is 2.29. The Labute approximate surface area is 104 Å². The first-order valence-electron chi connectivity index (χ1n) is 6.02. The molecule has 3 nitrogen and oxygen atoms in total. The molecule has 0 aliphatic carbocycles. The summed E-state index contributed by atoms with van der Waals surface area (Å²) in [5.41, 5.74) is 7.27. The van der Waals surface area contributed by atoms with Crippen molar-refractivity contribution in [2.24, 2.45) is 5.73 Å². The standard InChI is InChI=1S/C14H23NO2/c1-5-8-14(2,15)10-11-6-7-12(16-3)13(9-11)17-4/h6-7,9H,5,8,10,15H2,1-4H3. The summed E-state index contributed by atoms with van der Waals surface area (Å²) in [5.74, 6) is 1.52. The molecule has 17 heavy (non-hydrogen) atoms. The third-order valence-corrected chi connectivity index (χ3v) is 2.88. The fourth-order valence-corrected chi connectivity index (χ4v) is 2.12. The molecule has 0 saturated heterocycles. The van der Waals surface area contributed by atoms with Crippen molar-refractivity contribution in [3.63, 3.8) is 0 Å². The second kappa shape index (κ2) is 5.92. The Hall–Kier alpha value is -1.22. The summed E-state index contributed by atoms with van der Waals surface area (Å²) in [7, 11) is 3.29. The number of benzene rings is 1. The van der Waals surface area contributed by atoms with Gasteiger partial charge in [-0.05, 0) is 37.5 Å². The lowest BCUT2D eigenvalue weighted by atomic mass is 9.89. The van der Waals surface area contributed by atoms with Crippen LogP contribution in [0.3, 0.4) is 0 Å². The van der Waals surface area contributed by atoms with Crippen LogP contribution in [0.1, 0.15) is 32.3 Å². The average molecular weight is 237 g/mol. The summed E-state index contributed by atoms with van der Waals surface area (Å²) in [4.78, 5) is 0. The zero-order valence-electron chi connectivity index (χ0n) is 11.2. The molecule has 96 valence electrons. The van der Waals surface area contributed by atoms with Crippen LogP contribution in [0.15, 0.2) is 18.2 Å². The van der Waals surface area contributed by atoms with Crippen LogP contribution in [-0.2, 0) is 6.42 Å². The van der Waals surface area contributed by atoms with Crippen molar-refractivity contribution < 1.29 is 9.47 Å². The van der Waals surface area contributed by atoms with E-state index >= 15 is 0 Å². The summed E-state index contributed by atoms with van der Waals surface area (Å²) in [6, 6.07) is 5.97. The van der Waals surface area contributed by atoms with Gasteiger partial charge in [0.05, 0.1) is 14.2 Å². The first-order valence-corrected chi connectivity index (χ1v) is 6.02. The third kappa shape index (κ3) is 3.93. The van der Waals surface area contributed by atoms with Gasteiger partial charge in [0, 0.05) is 5.54 Å². The van der Waals surface area contributed by atoms with E-state index in [4.69, 9.17) is 15.2 Å². The highest BCUT2D eigenvalue weighted by molar-refractivity contribution is 5.43. The third-order valence-electron chi connectivity index (χ3n) is 2.88. The Morgan fingerprint density at radius 3 is 2.35 bits per heavy atom. The van der Waals surface area contributed by atoms with Crippen molar-refractivity contribution >= 4 is 0 Å². The zero-order chi connectivity index (χ0) is 12.9. The van der Waals surface area contributed by atoms with Gasteiger partial charge in [0.25, 0.3) is 0 Å². The minimum absolute atomic E-state index is 0.158. The molecule has 0 heterocycles. The van der Waals surface area contributed by atoms with Gasteiger partial charge in [-0.3, -0.25) is 0 Å². The van der Waals surface area contributed by atoms with E-state index in [0.717, 1.165) is 30.8 Å². The van der Waals surface area contributed by atoms with Gasteiger partial charge in [0.1, 0.15) is 0 Å². The van der Waals surface area contributed by atoms with Crippen LogP contribution in [0.25, 0.3) is 0 Å². The summed E-state index contributed by atoms with van der Waals surface area (Å²) in [6.45, 7) is 4.24. The minimum atomic E-state index is -0.158. The first kappa shape index (κ1) is 13.8. The lowest BCUT2D eigenvalue weighted by Gasteiger charge is -2.24. The molecule has 1 rings (SSSR count). The van der Waals surface area contributed by atoms with Gasteiger partial charge < -0.3 is 15.2 Å². The van der Waals surface area contributed by atoms with Crippen LogP contribution in [0.5, 0.6) is 11.5 Å². The molecule has 0 aromatic heterocycles. The lowest BCUT2D eigenvalue weighted by molar-refractivity contribution is 0.353. The van der Waals surface area contributed by atoms with E-state index in [-0.39, 0.29) is 5.54 Å². The summed E-state index contributed by atoms with van der Waals surface area (Å²) in [6.07, 6.45) is 2.96. The van der Waals surface area contributed by atoms with Gasteiger partial charge in [-0.2, -0.15) is 0 Å². The Kier molecular flexibility index (Phi) is 4.82. The molecular weight excluding hydrogens is 214 g/mol. The summed E-state index contributed by atoms with van der Waals surface area (Å²) >= 11 is 0. The van der Waals surface area contributed by atoms with E-state index in [9.17, 15) is 0 Å².